The van der Waals surface area contributed by atoms with E-state index < -0.39 is 0 Å². The van der Waals surface area contributed by atoms with Crippen molar-refractivity contribution in [3.63, 3.8) is 0 Å². The van der Waals surface area contributed by atoms with Crippen LogP contribution in [0.25, 0.3) is 98.0 Å². The van der Waals surface area contributed by atoms with Crippen molar-refractivity contribution in [3.05, 3.63) is 290 Å². The lowest BCUT2D eigenvalue weighted by atomic mass is 9.80. The van der Waals surface area contributed by atoms with Crippen LogP contribution >= 0.6 is 0 Å². The normalized spacial score (nSPS) is 12.6. The number of fused-ring (bicyclic) bond motifs is 10. The fourth-order valence-electron chi connectivity index (χ4n) is 12.9. The molecule has 15 rings (SSSR count). The van der Waals surface area contributed by atoms with E-state index in [2.05, 4.69) is 303 Å². The Morgan fingerprint density at radius 3 is 1.31 bits per heavy atom. The molecule has 0 spiro atoms. The van der Waals surface area contributed by atoms with Gasteiger partial charge in [-0.05, 0) is 194 Å². The number of para-hydroxylation sites is 2. The van der Waals surface area contributed by atoms with Crippen molar-refractivity contribution in [2.75, 3.05) is 9.80 Å². The van der Waals surface area contributed by atoms with E-state index in [-0.39, 0.29) is 5.41 Å². The first-order valence-corrected chi connectivity index (χ1v) is 26.8. The summed E-state index contributed by atoms with van der Waals surface area (Å²) in [6.07, 6.45) is 0. The fourth-order valence-corrected chi connectivity index (χ4v) is 12.9. The van der Waals surface area contributed by atoms with Crippen LogP contribution in [0.4, 0.5) is 34.1 Å². The van der Waals surface area contributed by atoms with Crippen LogP contribution in [0, 0.1) is 0 Å². The zero-order valence-electron chi connectivity index (χ0n) is 43.0. The smallest absolute Gasteiger partial charge is 0.0468 e. The third-order valence-electron chi connectivity index (χ3n) is 16.5. The van der Waals surface area contributed by atoms with Gasteiger partial charge in [-0.1, -0.05) is 208 Å². The third-order valence-corrected chi connectivity index (χ3v) is 16.5. The molecule has 0 aliphatic heterocycles. The summed E-state index contributed by atoms with van der Waals surface area (Å²) in [4.78, 5) is 4.86. The van der Waals surface area contributed by atoms with Crippen molar-refractivity contribution in [2.24, 2.45) is 0 Å². The zero-order valence-corrected chi connectivity index (χ0v) is 43.0. The second-order valence-corrected chi connectivity index (χ2v) is 21.2. The van der Waals surface area contributed by atoms with E-state index in [0.717, 1.165) is 34.1 Å². The highest BCUT2D eigenvalue weighted by Crippen LogP contribution is 2.54. The summed E-state index contributed by atoms with van der Waals surface area (Å²) < 4.78 is 0. The summed E-state index contributed by atoms with van der Waals surface area (Å²) in [5, 5.41) is 14.6. The van der Waals surface area contributed by atoms with Gasteiger partial charge in [-0.2, -0.15) is 0 Å². The van der Waals surface area contributed by atoms with Crippen LogP contribution in [0.2, 0.25) is 0 Å². The minimum absolute atomic E-state index is 0.188. The Morgan fingerprint density at radius 2 is 0.688 bits per heavy atom. The molecule has 0 atom stereocenters. The van der Waals surface area contributed by atoms with Crippen molar-refractivity contribution < 1.29 is 0 Å². The summed E-state index contributed by atoms with van der Waals surface area (Å²) in [7, 11) is 0. The van der Waals surface area contributed by atoms with Crippen LogP contribution in [0.1, 0.15) is 25.0 Å². The van der Waals surface area contributed by atoms with Crippen LogP contribution in [0.3, 0.4) is 0 Å². The third kappa shape index (κ3) is 7.25. The lowest BCUT2D eigenvalue weighted by Crippen LogP contribution is -2.14. The number of benzene rings is 14. The maximum atomic E-state index is 2.51. The van der Waals surface area contributed by atoms with Crippen LogP contribution in [0.15, 0.2) is 279 Å². The highest BCUT2D eigenvalue weighted by molar-refractivity contribution is 6.27. The summed E-state index contributed by atoms with van der Waals surface area (Å²) in [5.41, 5.74) is 16.6. The van der Waals surface area contributed by atoms with Gasteiger partial charge in [-0.15, -0.1) is 0 Å². The van der Waals surface area contributed by atoms with Crippen molar-refractivity contribution in [1.82, 2.24) is 0 Å². The fraction of sp³-hybridized carbons (Fsp3) is 0.0400. The molecule has 14 aromatic carbocycles. The average molecular weight is 981 g/mol. The molecule has 0 fully saturated rings. The van der Waals surface area contributed by atoms with Crippen LogP contribution in [0.5, 0.6) is 0 Å². The Hall–Kier alpha value is -9.76. The standard InChI is InChI=1S/C75H52N2/c1-75(2)71-32-18-17-31-64(71)65-40-35-54(46-72(65)75)73-66-41-38-60(77(56-26-7-4-8-27-56)58-37-34-50-20-10-12-22-52(50)44-58)48-70(66)74(68-45-53-23-13-14-28-61(53)62-29-15-16-30-63(62)68)67-42-39-59(47-69(67)73)76(55-24-5-3-6-25-55)57-36-33-49-19-9-11-21-51(49)43-57/h3-48H,1-2H3. The van der Waals surface area contributed by atoms with Crippen molar-refractivity contribution >= 4 is 98.8 Å². The molecule has 0 unspecified atom stereocenters. The molecular weight excluding hydrogens is 929 g/mol. The Balaban J connectivity index is 1.08. The van der Waals surface area contributed by atoms with Gasteiger partial charge in [0.25, 0.3) is 0 Å². The van der Waals surface area contributed by atoms with Crippen LogP contribution < -0.4 is 9.80 Å². The second kappa shape index (κ2) is 17.7. The molecule has 0 radical (unpaired) electrons. The lowest BCUT2D eigenvalue weighted by molar-refractivity contribution is 0.660. The molecule has 0 aromatic heterocycles. The molecule has 0 N–H and O–H groups in total. The average Bonchev–Trinajstić information content (AvgIpc) is 3.72. The van der Waals surface area contributed by atoms with Crippen LogP contribution in [-0.4, -0.2) is 0 Å². The SMILES string of the molecule is CC1(C)c2ccccc2-c2ccc(-c3c4cc(N(c5ccccc5)c5ccc6ccccc6c5)ccc4c(-c4cc5ccccc5c5ccccc45)c4cc(N(c5ccccc5)c5ccc6ccccc6c5)ccc34)cc21. The van der Waals surface area contributed by atoms with Gasteiger partial charge in [0.2, 0.25) is 0 Å². The van der Waals surface area contributed by atoms with Crippen LogP contribution in [-0.2, 0) is 5.41 Å². The van der Waals surface area contributed by atoms with E-state index in [4.69, 9.17) is 0 Å². The highest BCUT2D eigenvalue weighted by atomic mass is 15.1. The second-order valence-electron chi connectivity index (χ2n) is 21.2. The van der Waals surface area contributed by atoms with Crippen molar-refractivity contribution in [1.29, 1.82) is 0 Å². The van der Waals surface area contributed by atoms with Gasteiger partial charge in [0.05, 0.1) is 0 Å². The van der Waals surface area contributed by atoms with E-state index in [1.807, 2.05) is 0 Å². The lowest BCUT2D eigenvalue weighted by Gasteiger charge is -2.29. The van der Waals surface area contributed by atoms with Gasteiger partial charge in [-0.25, -0.2) is 0 Å². The minimum atomic E-state index is -0.188. The number of hydrogen-bond donors (Lipinski definition) is 0. The van der Waals surface area contributed by atoms with Gasteiger partial charge in [-0.3, -0.25) is 0 Å². The number of hydrogen-bond acceptors (Lipinski definition) is 2. The summed E-state index contributed by atoms with van der Waals surface area (Å²) in [6.45, 7) is 4.78. The Kier molecular flexibility index (Phi) is 10.3. The van der Waals surface area contributed by atoms with Crippen molar-refractivity contribution in [3.8, 4) is 33.4 Å². The van der Waals surface area contributed by atoms with Gasteiger partial charge in [0, 0.05) is 39.5 Å². The maximum Gasteiger partial charge on any atom is 0.0468 e. The molecular formula is C75H52N2. The molecule has 362 valence electrons. The van der Waals surface area contributed by atoms with Gasteiger partial charge in [0.15, 0.2) is 0 Å². The number of nitrogens with zero attached hydrogens (tertiary/aromatic N) is 2. The Labute approximate surface area is 449 Å². The minimum Gasteiger partial charge on any atom is -0.310 e. The highest BCUT2D eigenvalue weighted by Gasteiger charge is 2.36. The Bertz CT molecular complexity index is 4670. The molecule has 0 saturated heterocycles. The topological polar surface area (TPSA) is 6.48 Å². The van der Waals surface area contributed by atoms with Crippen molar-refractivity contribution in [2.45, 2.75) is 19.3 Å². The summed E-state index contributed by atoms with van der Waals surface area (Å²) in [6, 6.07) is 104. The molecule has 1 aliphatic rings. The van der Waals surface area contributed by atoms with E-state index in [1.165, 1.54) is 109 Å². The first kappa shape index (κ1) is 44.7. The molecule has 2 heteroatoms. The van der Waals surface area contributed by atoms with E-state index in [1.54, 1.807) is 0 Å². The van der Waals surface area contributed by atoms with E-state index in [0.29, 0.717) is 0 Å². The molecule has 0 bridgehead atoms. The molecule has 2 nitrogen and oxygen atoms in total. The Morgan fingerprint density at radius 1 is 0.234 bits per heavy atom. The molecule has 14 aromatic rings. The summed E-state index contributed by atoms with van der Waals surface area (Å²) in [5.74, 6) is 0. The predicted molar refractivity (Wildman–Crippen MR) is 329 cm³/mol. The van der Waals surface area contributed by atoms with E-state index >= 15 is 0 Å². The number of anilines is 6. The monoisotopic (exact) mass is 980 g/mol. The maximum absolute atomic E-state index is 2.51. The molecule has 0 saturated carbocycles. The predicted octanol–water partition coefficient (Wildman–Crippen LogP) is 21.2. The largest absolute Gasteiger partial charge is 0.310 e. The van der Waals surface area contributed by atoms with Gasteiger partial charge < -0.3 is 9.80 Å². The molecule has 77 heavy (non-hydrogen) atoms. The number of rotatable bonds is 8. The first-order chi connectivity index (χ1) is 37.9. The summed E-state index contributed by atoms with van der Waals surface area (Å²) >= 11 is 0. The quantitative estimate of drug-likeness (QED) is 0.111. The van der Waals surface area contributed by atoms with Gasteiger partial charge in [0.1, 0.15) is 0 Å². The molecule has 0 heterocycles. The molecule has 1 aliphatic carbocycles. The zero-order chi connectivity index (χ0) is 51.2. The van der Waals surface area contributed by atoms with E-state index in [9.17, 15) is 0 Å². The first-order valence-electron chi connectivity index (χ1n) is 26.8. The molecule has 0 amide bonds. The van der Waals surface area contributed by atoms with Gasteiger partial charge >= 0.3 is 0 Å².